The van der Waals surface area contributed by atoms with Crippen molar-refractivity contribution >= 4 is 51.4 Å². The number of carbonyl (C=O) groups excluding carboxylic acids is 5. The minimum absolute atomic E-state index is 0.0356. The highest BCUT2D eigenvalue weighted by atomic mass is 16.2. The van der Waals surface area contributed by atoms with Gasteiger partial charge < -0.3 is 21.7 Å². The first-order valence-corrected chi connectivity index (χ1v) is 15.5. The van der Waals surface area contributed by atoms with Crippen LogP contribution in [0.2, 0.25) is 0 Å². The van der Waals surface area contributed by atoms with Crippen molar-refractivity contribution in [2.75, 3.05) is 18.4 Å². The Hall–Kier alpha value is -5.22. The summed E-state index contributed by atoms with van der Waals surface area (Å²) in [5.74, 6) is -0.889. The Morgan fingerprint density at radius 2 is 1.65 bits per heavy atom. The molecule has 236 valence electrons. The molecule has 1 aliphatic carbocycles. The standard InChI is InChI=1S/C36H37N5O5/c37-35(45)30-22-40-31-16-14-25(19-29(31)34(30)41-26-7-3-1-4-8-26)23-10-12-24(13-11-23)36(46)38-18-6-2-5-9-28(43)21-39-32-17-15-27(42)20-33(32)44/h1,3-4,7-8,10-14,16,19,22,32,39H,2,5-6,9,15,17-18,20-21H2,(H2,37,45)(H,38,46)(H,40,41). The topological polar surface area (TPSA) is 160 Å². The van der Waals surface area contributed by atoms with Crippen LogP contribution in [-0.2, 0) is 14.4 Å². The van der Waals surface area contributed by atoms with E-state index in [1.165, 1.54) is 6.20 Å². The molecule has 0 bridgehead atoms. The molecule has 46 heavy (non-hydrogen) atoms. The monoisotopic (exact) mass is 619 g/mol. The highest BCUT2D eigenvalue weighted by Gasteiger charge is 2.26. The summed E-state index contributed by atoms with van der Waals surface area (Å²) in [6.07, 6.45) is 4.91. The van der Waals surface area contributed by atoms with E-state index in [9.17, 15) is 24.0 Å². The van der Waals surface area contributed by atoms with Crippen LogP contribution in [0.25, 0.3) is 22.0 Å². The second-order valence-electron chi connectivity index (χ2n) is 11.5. The number of nitrogens with two attached hydrogens (primary N) is 1. The van der Waals surface area contributed by atoms with Gasteiger partial charge in [-0.25, -0.2) is 0 Å². The molecular weight excluding hydrogens is 582 g/mol. The molecule has 1 aliphatic rings. The fraction of sp³-hybridized carbons (Fsp3) is 0.278. The predicted molar refractivity (Wildman–Crippen MR) is 177 cm³/mol. The molecule has 10 heteroatoms. The minimum atomic E-state index is -0.580. The third kappa shape index (κ3) is 8.28. The number of benzene rings is 3. The molecule has 5 N–H and O–H groups in total. The molecule has 1 unspecified atom stereocenters. The molecule has 1 aromatic heterocycles. The van der Waals surface area contributed by atoms with Gasteiger partial charge in [0, 0.05) is 42.2 Å². The normalized spacial score (nSPS) is 14.7. The van der Waals surface area contributed by atoms with Gasteiger partial charge in [0.1, 0.15) is 11.6 Å². The van der Waals surface area contributed by atoms with E-state index in [0.717, 1.165) is 35.0 Å². The molecule has 1 fully saturated rings. The number of primary amides is 1. The van der Waals surface area contributed by atoms with Crippen LogP contribution in [0.3, 0.4) is 0 Å². The molecule has 5 rings (SSSR count). The summed E-state index contributed by atoms with van der Waals surface area (Å²) in [5.41, 5.74) is 10.4. The first-order valence-electron chi connectivity index (χ1n) is 15.5. The summed E-state index contributed by atoms with van der Waals surface area (Å²) < 4.78 is 0. The first kappa shape index (κ1) is 32.2. The number of hydrogen-bond donors (Lipinski definition) is 4. The third-order valence-corrected chi connectivity index (χ3v) is 8.09. The Labute approximate surface area is 267 Å². The van der Waals surface area contributed by atoms with Crippen LogP contribution in [0.5, 0.6) is 0 Å². The van der Waals surface area contributed by atoms with Crippen LogP contribution in [0.4, 0.5) is 11.4 Å². The Bertz CT molecular complexity index is 1750. The van der Waals surface area contributed by atoms with Crippen LogP contribution in [0.1, 0.15) is 65.7 Å². The van der Waals surface area contributed by atoms with Gasteiger partial charge in [-0.1, -0.05) is 42.8 Å². The van der Waals surface area contributed by atoms with E-state index in [1.54, 1.807) is 12.1 Å². The Morgan fingerprint density at radius 1 is 0.891 bits per heavy atom. The zero-order chi connectivity index (χ0) is 32.5. The van der Waals surface area contributed by atoms with Crippen molar-refractivity contribution in [3.63, 3.8) is 0 Å². The molecule has 0 aliphatic heterocycles. The van der Waals surface area contributed by atoms with E-state index in [2.05, 4.69) is 20.9 Å². The van der Waals surface area contributed by atoms with E-state index >= 15 is 0 Å². The van der Waals surface area contributed by atoms with Crippen molar-refractivity contribution in [1.82, 2.24) is 15.6 Å². The van der Waals surface area contributed by atoms with Gasteiger partial charge >= 0.3 is 0 Å². The van der Waals surface area contributed by atoms with Gasteiger partial charge in [0.25, 0.3) is 11.8 Å². The summed E-state index contributed by atoms with van der Waals surface area (Å²) in [5, 5.41) is 9.99. The number of hydrogen-bond acceptors (Lipinski definition) is 8. The summed E-state index contributed by atoms with van der Waals surface area (Å²) in [7, 11) is 0. The number of Topliss-reactive ketones (excluding diaryl/α,β-unsaturated/α-hetero) is 3. The Morgan fingerprint density at radius 3 is 2.39 bits per heavy atom. The number of amides is 2. The first-order chi connectivity index (χ1) is 22.3. The molecule has 1 saturated carbocycles. The molecule has 1 atom stereocenters. The number of unbranched alkanes of at least 4 members (excludes halogenated alkanes) is 2. The zero-order valence-electron chi connectivity index (χ0n) is 25.5. The highest BCUT2D eigenvalue weighted by Crippen LogP contribution is 2.32. The maximum Gasteiger partial charge on any atom is 0.252 e. The smallest absolute Gasteiger partial charge is 0.252 e. The number of ketones is 3. The number of nitrogens with zero attached hydrogens (tertiary/aromatic N) is 1. The number of para-hydroxylation sites is 1. The van der Waals surface area contributed by atoms with Crippen molar-refractivity contribution in [3.05, 3.63) is 90.1 Å². The van der Waals surface area contributed by atoms with E-state index < -0.39 is 11.9 Å². The number of nitrogens with one attached hydrogen (secondary N) is 3. The largest absolute Gasteiger partial charge is 0.365 e. The molecule has 0 saturated heterocycles. The molecule has 1 heterocycles. The molecule has 4 aromatic rings. The van der Waals surface area contributed by atoms with Crippen molar-refractivity contribution in [3.8, 4) is 11.1 Å². The van der Waals surface area contributed by atoms with Crippen molar-refractivity contribution < 1.29 is 24.0 Å². The minimum Gasteiger partial charge on any atom is -0.365 e. The SMILES string of the molecule is NC(=O)c1cnc2ccc(-c3ccc(C(=O)NCCCCCC(=O)CNC4CCC(=O)CC4=O)cc3)cc2c1Nc1ccccc1. The molecular formula is C36H37N5O5. The fourth-order valence-electron chi connectivity index (χ4n) is 5.51. The molecule has 10 nitrogen and oxygen atoms in total. The number of pyridine rings is 1. The lowest BCUT2D eigenvalue weighted by Crippen LogP contribution is -2.43. The van der Waals surface area contributed by atoms with Gasteiger partial charge in [-0.15, -0.1) is 0 Å². The van der Waals surface area contributed by atoms with Crippen LogP contribution < -0.4 is 21.7 Å². The van der Waals surface area contributed by atoms with Gasteiger partial charge in [0.05, 0.1) is 35.8 Å². The lowest BCUT2D eigenvalue weighted by Gasteiger charge is -2.20. The number of rotatable bonds is 14. The zero-order valence-corrected chi connectivity index (χ0v) is 25.5. The lowest BCUT2D eigenvalue weighted by atomic mass is 9.93. The van der Waals surface area contributed by atoms with Crippen molar-refractivity contribution in [2.45, 2.75) is 51.0 Å². The predicted octanol–water partition coefficient (Wildman–Crippen LogP) is 4.88. The van der Waals surface area contributed by atoms with Gasteiger partial charge in [0.15, 0.2) is 5.78 Å². The summed E-state index contributed by atoms with van der Waals surface area (Å²) >= 11 is 0. The summed E-state index contributed by atoms with van der Waals surface area (Å²) in [6, 6.07) is 22.2. The third-order valence-electron chi connectivity index (χ3n) is 8.09. The van der Waals surface area contributed by atoms with Gasteiger partial charge in [-0.3, -0.25) is 29.0 Å². The molecule has 2 amide bonds. The summed E-state index contributed by atoms with van der Waals surface area (Å²) in [6.45, 7) is 0.627. The highest BCUT2D eigenvalue weighted by molar-refractivity contribution is 6.08. The number of anilines is 2. The average molecular weight is 620 g/mol. The maximum absolute atomic E-state index is 12.7. The second-order valence-corrected chi connectivity index (χ2v) is 11.5. The van der Waals surface area contributed by atoms with E-state index in [-0.39, 0.29) is 41.8 Å². The van der Waals surface area contributed by atoms with Crippen LogP contribution in [-0.4, -0.2) is 53.3 Å². The number of aromatic nitrogens is 1. The van der Waals surface area contributed by atoms with Crippen molar-refractivity contribution in [2.24, 2.45) is 5.73 Å². The van der Waals surface area contributed by atoms with E-state index in [1.807, 2.05) is 60.7 Å². The maximum atomic E-state index is 12.7. The van der Waals surface area contributed by atoms with E-state index in [4.69, 9.17) is 5.73 Å². The second kappa shape index (κ2) is 15.2. The Kier molecular flexibility index (Phi) is 10.6. The van der Waals surface area contributed by atoms with Crippen LogP contribution >= 0.6 is 0 Å². The fourth-order valence-corrected chi connectivity index (χ4v) is 5.51. The van der Waals surface area contributed by atoms with Gasteiger partial charge in [-0.2, -0.15) is 0 Å². The molecule has 0 radical (unpaired) electrons. The number of carbonyl (C=O) groups is 5. The molecule has 3 aromatic carbocycles. The van der Waals surface area contributed by atoms with Crippen LogP contribution in [0.15, 0.2) is 79.0 Å². The van der Waals surface area contributed by atoms with Gasteiger partial charge in [0.2, 0.25) is 0 Å². The summed E-state index contributed by atoms with van der Waals surface area (Å²) in [4.78, 5) is 64.8. The lowest BCUT2D eigenvalue weighted by molar-refractivity contribution is -0.131. The van der Waals surface area contributed by atoms with Crippen LogP contribution in [0, 0.1) is 0 Å². The quantitative estimate of drug-likeness (QED) is 0.115. The Balaban J connectivity index is 1.11. The average Bonchev–Trinajstić information content (AvgIpc) is 3.06. The number of fused-ring (bicyclic) bond motifs is 1. The van der Waals surface area contributed by atoms with Crippen molar-refractivity contribution in [1.29, 1.82) is 0 Å². The van der Waals surface area contributed by atoms with Gasteiger partial charge in [-0.05, 0) is 66.8 Å². The van der Waals surface area contributed by atoms with E-state index in [0.29, 0.717) is 49.0 Å². The molecule has 0 spiro atoms.